The minimum Gasteiger partial charge on any atom is -0.461 e. The van der Waals surface area contributed by atoms with Gasteiger partial charge in [-0.05, 0) is 40.5 Å². The van der Waals surface area contributed by atoms with Gasteiger partial charge < -0.3 is 14.5 Å². The van der Waals surface area contributed by atoms with Gasteiger partial charge in [0.1, 0.15) is 12.4 Å². The molecular formula is C30H33ClN4O4Si. The number of pyridine rings is 1. The normalized spacial score (nSPS) is 11.7. The lowest BCUT2D eigenvalue weighted by Crippen LogP contribution is -2.66. The van der Waals surface area contributed by atoms with Gasteiger partial charge in [0, 0.05) is 6.20 Å². The molecule has 2 heterocycles. The lowest BCUT2D eigenvalue weighted by atomic mass is 10.2. The van der Waals surface area contributed by atoms with E-state index in [1.54, 1.807) is 25.1 Å². The molecular weight excluding hydrogens is 544 g/mol. The number of nitrogens with zero attached hydrogens (tertiary/aromatic N) is 3. The zero-order chi connectivity index (χ0) is 28.8. The number of ether oxygens (including phenoxy) is 1. The molecule has 0 spiro atoms. The minimum absolute atomic E-state index is 0.111. The van der Waals surface area contributed by atoms with Crippen molar-refractivity contribution in [2.75, 3.05) is 11.9 Å². The summed E-state index contributed by atoms with van der Waals surface area (Å²) in [5.74, 6) is -0.565. The van der Waals surface area contributed by atoms with Gasteiger partial charge in [-0.15, -0.1) is 0 Å². The third-order valence-electron chi connectivity index (χ3n) is 6.49. The van der Waals surface area contributed by atoms with Gasteiger partial charge in [-0.25, -0.2) is 9.78 Å². The Hall–Kier alpha value is -3.79. The lowest BCUT2D eigenvalue weighted by Gasteiger charge is -2.43. The predicted molar refractivity (Wildman–Crippen MR) is 158 cm³/mol. The Morgan fingerprint density at radius 3 is 2.12 bits per heavy atom. The number of nitrogens with one attached hydrogen (secondary N) is 1. The summed E-state index contributed by atoms with van der Waals surface area (Å²) in [6.45, 7) is 8.49. The van der Waals surface area contributed by atoms with Gasteiger partial charge >= 0.3 is 5.97 Å². The van der Waals surface area contributed by atoms with Crippen LogP contribution in [0.2, 0.25) is 10.1 Å². The van der Waals surface area contributed by atoms with Crippen molar-refractivity contribution in [3.63, 3.8) is 0 Å². The number of rotatable bonds is 10. The van der Waals surface area contributed by atoms with Gasteiger partial charge in [0.25, 0.3) is 8.32 Å². The van der Waals surface area contributed by atoms with Crippen molar-refractivity contribution in [3.8, 4) is 0 Å². The number of aromatic nitrogens is 3. The molecule has 4 aromatic rings. The molecule has 1 N–H and O–H groups in total. The van der Waals surface area contributed by atoms with E-state index in [4.69, 9.17) is 20.8 Å². The van der Waals surface area contributed by atoms with Crippen molar-refractivity contribution in [2.24, 2.45) is 0 Å². The first-order valence-corrected chi connectivity index (χ1v) is 15.3. The third kappa shape index (κ3) is 6.50. The Kier molecular flexibility index (Phi) is 9.19. The molecule has 0 saturated heterocycles. The standard InChI is InChI=1S/C30H33ClN4O4Si/c1-5-38-29(37)26-18-23(35(34-26)20-28(36)33-27-17-16-22(31)19-32-27)21-39-40(30(2,3)4,24-12-8-6-9-13-24)25-14-10-7-11-15-25/h6-19H,5,20-21H2,1-4H3,(H,32,33,36). The van der Waals surface area contributed by atoms with Gasteiger partial charge in [-0.1, -0.05) is 93.0 Å². The number of benzene rings is 2. The molecule has 40 heavy (non-hydrogen) atoms. The Bertz CT molecular complexity index is 1400. The molecule has 0 aliphatic rings. The van der Waals surface area contributed by atoms with E-state index in [1.165, 1.54) is 10.9 Å². The molecule has 0 aliphatic carbocycles. The smallest absolute Gasteiger partial charge is 0.358 e. The van der Waals surface area contributed by atoms with Crippen LogP contribution in [0.1, 0.15) is 43.9 Å². The Labute approximate surface area is 240 Å². The Morgan fingerprint density at radius 2 is 1.60 bits per heavy atom. The van der Waals surface area contributed by atoms with Crippen LogP contribution in [0.4, 0.5) is 5.82 Å². The summed E-state index contributed by atoms with van der Waals surface area (Å²) in [4.78, 5) is 29.6. The van der Waals surface area contributed by atoms with E-state index in [0.717, 1.165) is 10.4 Å². The monoisotopic (exact) mass is 576 g/mol. The van der Waals surface area contributed by atoms with E-state index < -0.39 is 14.3 Å². The molecule has 0 aliphatic heterocycles. The lowest BCUT2D eigenvalue weighted by molar-refractivity contribution is -0.117. The highest BCUT2D eigenvalue weighted by Crippen LogP contribution is 2.37. The first-order valence-electron chi connectivity index (χ1n) is 13.0. The number of esters is 1. The number of carbonyl (C=O) groups excluding carboxylic acids is 2. The second-order valence-electron chi connectivity index (χ2n) is 10.3. The van der Waals surface area contributed by atoms with Crippen molar-refractivity contribution in [2.45, 2.75) is 45.9 Å². The van der Waals surface area contributed by atoms with Crippen LogP contribution in [0.5, 0.6) is 0 Å². The number of carbonyl (C=O) groups is 2. The number of halogens is 1. The number of amides is 1. The van der Waals surface area contributed by atoms with Crippen LogP contribution >= 0.6 is 11.6 Å². The number of hydrogen-bond donors (Lipinski definition) is 1. The summed E-state index contributed by atoms with van der Waals surface area (Å²) >= 11 is 5.91. The zero-order valence-electron chi connectivity index (χ0n) is 23.1. The molecule has 0 fully saturated rings. The molecule has 0 unspecified atom stereocenters. The SMILES string of the molecule is CCOC(=O)c1cc(CO[Si](c2ccccc2)(c2ccccc2)C(C)(C)C)n(CC(=O)Nc2ccc(Cl)cn2)n1. The maximum Gasteiger partial charge on any atom is 0.358 e. The molecule has 1 amide bonds. The van der Waals surface area contributed by atoms with Crippen LogP contribution in [0.3, 0.4) is 0 Å². The molecule has 2 aromatic heterocycles. The maximum atomic E-state index is 12.9. The van der Waals surface area contributed by atoms with E-state index in [2.05, 4.69) is 60.4 Å². The molecule has 0 radical (unpaired) electrons. The van der Waals surface area contributed by atoms with Crippen molar-refractivity contribution in [1.29, 1.82) is 0 Å². The highest BCUT2D eigenvalue weighted by molar-refractivity contribution is 6.99. The summed E-state index contributed by atoms with van der Waals surface area (Å²) in [7, 11) is -2.87. The van der Waals surface area contributed by atoms with E-state index in [0.29, 0.717) is 16.5 Å². The largest absolute Gasteiger partial charge is 0.461 e. The van der Waals surface area contributed by atoms with E-state index in [9.17, 15) is 9.59 Å². The second-order valence-corrected chi connectivity index (χ2v) is 15.0. The van der Waals surface area contributed by atoms with Gasteiger partial charge in [0.15, 0.2) is 5.69 Å². The van der Waals surface area contributed by atoms with Crippen molar-refractivity contribution >= 4 is 48.0 Å². The molecule has 0 saturated carbocycles. The van der Waals surface area contributed by atoms with Crippen molar-refractivity contribution < 1.29 is 18.8 Å². The first-order chi connectivity index (χ1) is 19.1. The molecule has 208 valence electrons. The van der Waals surface area contributed by atoms with Gasteiger partial charge in [-0.2, -0.15) is 5.10 Å². The quantitative estimate of drug-likeness (QED) is 0.215. The third-order valence-corrected chi connectivity index (χ3v) is 11.7. The summed E-state index contributed by atoms with van der Waals surface area (Å²) in [5.41, 5.74) is 0.690. The topological polar surface area (TPSA) is 95.3 Å². The first kappa shape index (κ1) is 29.2. The van der Waals surface area contributed by atoms with Crippen LogP contribution in [0, 0.1) is 0 Å². The van der Waals surface area contributed by atoms with E-state index in [-0.39, 0.29) is 36.4 Å². The summed E-state index contributed by atoms with van der Waals surface area (Å²) < 4.78 is 13.7. The molecule has 0 bridgehead atoms. The Balaban J connectivity index is 1.70. The average Bonchev–Trinajstić information content (AvgIpc) is 3.33. The van der Waals surface area contributed by atoms with Gasteiger partial charge in [0.05, 0.1) is 23.9 Å². The fourth-order valence-corrected chi connectivity index (χ4v) is 9.36. The molecule has 8 nitrogen and oxygen atoms in total. The van der Waals surface area contributed by atoms with Gasteiger partial charge in [0.2, 0.25) is 5.91 Å². The minimum atomic E-state index is -2.87. The van der Waals surface area contributed by atoms with Crippen LogP contribution in [0.15, 0.2) is 85.1 Å². The fraction of sp³-hybridized carbons (Fsp3) is 0.267. The highest BCUT2D eigenvalue weighted by Gasteiger charge is 2.50. The van der Waals surface area contributed by atoms with Crippen LogP contribution in [0.25, 0.3) is 0 Å². The van der Waals surface area contributed by atoms with E-state index >= 15 is 0 Å². The summed E-state index contributed by atoms with van der Waals surface area (Å²) in [6, 6.07) is 25.4. The highest BCUT2D eigenvalue weighted by atomic mass is 35.5. The molecule has 0 atom stereocenters. The maximum absolute atomic E-state index is 12.9. The predicted octanol–water partition coefficient (Wildman–Crippen LogP) is 4.82. The second kappa shape index (κ2) is 12.6. The number of hydrogen-bond acceptors (Lipinski definition) is 6. The number of anilines is 1. The van der Waals surface area contributed by atoms with Crippen LogP contribution in [-0.2, 0) is 27.1 Å². The molecule has 2 aromatic carbocycles. The average molecular weight is 577 g/mol. The van der Waals surface area contributed by atoms with Gasteiger partial charge in [-0.3, -0.25) is 9.48 Å². The fourth-order valence-electron chi connectivity index (χ4n) is 4.73. The zero-order valence-corrected chi connectivity index (χ0v) is 24.8. The molecule has 10 heteroatoms. The van der Waals surface area contributed by atoms with Crippen molar-refractivity contribution in [3.05, 3.63) is 101 Å². The molecule has 4 rings (SSSR count). The Morgan fingerprint density at radius 1 is 0.975 bits per heavy atom. The summed E-state index contributed by atoms with van der Waals surface area (Å²) in [5, 5.41) is 9.61. The summed E-state index contributed by atoms with van der Waals surface area (Å²) in [6.07, 6.45) is 1.45. The van der Waals surface area contributed by atoms with E-state index in [1.807, 2.05) is 36.4 Å². The van der Waals surface area contributed by atoms with Crippen LogP contribution < -0.4 is 15.7 Å². The van der Waals surface area contributed by atoms with Crippen molar-refractivity contribution in [1.82, 2.24) is 14.8 Å². The van der Waals surface area contributed by atoms with Crippen LogP contribution in [-0.4, -0.2) is 41.6 Å².